The zero-order valence-corrected chi connectivity index (χ0v) is 20.6. The van der Waals surface area contributed by atoms with E-state index in [-0.39, 0.29) is 11.4 Å². The molecule has 5 rings (SSSR count). The highest BCUT2D eigenvalue weighted by Crippen LogP contribution is 2.38. The number of nitro groups is 1. The van der Waals surface area contributed by atoms with E-state index in [9.17, 15) is 18.5 Å². The van der Waals surface area contributed by atoms with Crippen molar-refractivity contribution >= 4 is 33.4 Å². The number of para-hydroxylation sites is 1. The van der Waals surface area contributed by atoms with Crippen LogP contribution in [-0.4, -0.2) is 44.4 Å². The van der Waals surface area contributed by atoms with Gasteiger partial charge in [-0.3, -0.25) is 10.1 Å². The van der Waals surface area contributed by atoms with Gasteiger partial charge in [-0.1, -0.05) is 78.4 Å². The first-order valence-corrected chi connectivity index (χ1v) is 13.5. The summed E-state index contributed by atoms with van der Waals surface area (Å²) in [5, 5.41) is 11.2. The normalized spacial score (nSPS) is 15.8. The average molecular weight is 502 g/mol. The molecule has 1 N–H and O–H groups in total. The fourth-order valence-corrected chi connectivity index (χ4v) is 6.18. The third-order valence-electron chi connectivity index (χ3n) is 6.79. The molecule has 1 aliphatic heterocycles. The maximum Gasteiger partial charge on any atom is 0.289 e. The van der Waals surface area contributed by atoms with Gasteiger partial charge in [0.2, 0.25) is 10.0 Å². The number of fused-ring (bicyclic) bond motifs is 2. The van der Waals surface area contributed by atoms with Gasteiger partial charge < -0.3 is 4.90 Å². The Morgan fingerprint density at radius 1 is 0.833 bits per heavy atom. The molecule has 36 heavy (non-hydrogen) atoms. The van der Waals surface area contributed by atoms with Crippen LogP contribution in [0.5, 0.6) is 0 Å². The molecule has 3 aromatic carbocycles. The molecule has 0 unspecified atom stereocenters. The molecule has 1 heterocycles. The van der Waals surface area contributed by atoms with Gasteiger partial charge in [0.05, 0.1) is 4.92 Å². The lowest BCUT2D eigenvalue weighted by atomic mass is 9.86. The number of nitrogens with one attached hydrogen (secondary N) is 1. The van der Waals surface area contributed by atoms with Crippen molar-refractivity contribution in [3.05, 3.63) is 111 Å². The summed E-state index contributed by atoms with van der Waals surface area (Å²) in [6, 6.07) is 22.4. The number of piperidine rings is 1. The number of nitrogens with zero attached hydrogens (tertiary/aromatic N) is 2. The number of hydrogen-bond donors (Lipinski definition) is 1. The van der Waals surface area contributed by atoms with E-state index in [0.29, 0.717) is 6.54 Å². The van der Waals surface area contributed by atoms with Gasteiger partial charge in [-0.05, 0) is 46.7 Å². The monoisotopic (exact) mass is 501 g/mol. The van der Waals surface area contributed by atoms with Crippen LogP contribution in [0.2, 0.25) is 0 Å². The molecule has 0 bridgehead atoms. The lowest BCUT2D eigenvalue weighted by molar-refractivity contribution is -0.387. The summed E-state index contributed by atoms with van der Waals surface area (Å²) >= 11 is 0. The minimum atomic E-state index is -3.97. The average Bonchev–Trinajstić information content (AvgIpc) is 3.06. The van der Waals surface area contributed by atoms with Crippen LogP contribution in [0.1, 0.15) is 35.1 Å². The summed E-state index contributed by atoms with van der Waals surface area (Å²) in [6.45, 7) is 2.38. The van der Waals surface area contributed by atoms with Crippen molar-refractivity contribution in [3.8, 4) is 0 Å². The second kappa shape index (κ2) is 10.2. The minimum absolute atomic E-state index is 0.190. The third-order valence-corrected chi connectivity index (χ3v) is 8.30. The number of sulfonamides is 1. The third kappa shape index (κ3) is 4.88. The summed E-state index contributed by atoms with van der Waals surface area (Å²) in [4.78, 5) is 12.5. The van der Waals surface area contributed by atoms with E-state index >= 15 is 0 Å². The van der Waals surface area contributed by atoms with Crippen molar-refractivity contribution < 1.29 is 13.3 Å². The van der Waals surface area contributed by atoms with E-state index < -0.39 is 20.6 Å². The minimum Gasteiger partial charge on any atom is -0.301 e. The summed E-state index contributed by atoms with van der Waals surface area (Å²) in [6.07, 6.45) is 6.16. The Morgan fingerprint density at radius 3 is 2.00 bits per heavy atom. The predicted molar refractivity (Wildman–Crippen MR) is 142 cm³/mol. The van der Waals surface area contributed by atoms with Crippen molar-refractivity contribution in [2.24, 2.45) is 0 Å². The standard InChI is InChI=1S/C28H27N3O4S/c32-31(33)26-11-5-6-12-27(26)36(34,35)29-17-20-30-18-15-23(16-19-30)28-24-9-3-1-7-21(24)13-14-22-8-2-4-10-25(22)28/h1-14,29H,15-20H2. The molecule has 1 aliphatic carbocycles. The molecule has 0 spiro atoms. The molecule has 1 fully saturated rings. The molecular weight excluding hydrogens is 474 g/mol. The molecule has 2 aliphatic rings. The van der Waals surface area contributed by atoms with E-state index in [0.717, 1.165) is 25.9 Å². The van der Waals surface area contributed by atoms with Crippen LogP contribution in [-0.2, 0) is 10.0 Å². The van der Waals surface area contributed by atoms with Crippen LogP contribution in [0.25, 0.3) is 17.7 Å². The van der Waals surface area contributed by atoms with Crippen molar-refractivity contribution in [2.75, 3.05) is 26.2 Å². The van der Waals surface area contributed by atoms with Crippen LogP contribution in [0.4, 0.5) is 5.69 Å². The Balaban J connectivity index is 1.29. The Labute approximate surface area is 211 Å². The lowest BCUT2D eigenvalue weighted by Gasteiger charge is -2.30. The fraction of sp³-hybridized carbons (Fsp3) is 0.214. The first-order valence-electron chi connectivity index (χ1n) is 12.0. The van der Waals surface area contributed by atoms with Crippen LogP contribution in [0, 0.1) is 10.1 Å². The van der Waals surface area contributed by atoms with Crippen LogP contribution >= 0.6 is 0 Å². The van der Waals surface area contributed by atoms with Crippen molar-refractivity contribution in [3.63, 3.8) is 0 Å². The lowest BCUT2D eigenvalue weighted by Crippen LogP contribution is -2.38. The van der Waals surface area contributed by atoms with Gasteiger partial charge in [-0.25, -0.2) is 13.1 Å². The number of nitro benzene ring substituents is 1. The summed E-state index contributed by atoms with van der Waals surface area (Å²) < 4.78 is 27.9. The quantitative estimate of drug-likeness (QED) is 0.298. The number of rotatable bonds is 6. The second-order valence-corrected chi connectivity index (χ2v) is 10.7. The van der Waals surface area contributed by atoms with Gasteiger partial charge in [0.25, 0.3) is 5.69 Å². The SMILES string of the molecule is O=[N+]([O-])c1ccccc1S(=O)(=O)NCCN1CCC(=C2c3ccccc3C=Cc3ccccc32)CC1. The molecule has 0 atom stereocenters. The number of benzene rings is 3. The first kappa shape index (κ1) is 24.1. The topological polar surface area (TPSA) is 92.5 Å². The summed E-state index contributed by atoms with van der Waals surface area (Å²) in [5.74, 6) is 0. The van der Waals surface area contributed by atoms with E-state index in [1.54, 1.807) is 0 Å². The zero-order valence-electron chi connectivity index (χ0n) is 19.8. The smallest absolute Gasteiger partial charge is 0.289 e. The van der Waals surface area contributed by atoms with Crippen LogP contribution in [0.3, 0.4) is 0 Å². The van der Waals surface area contributed by atoms with Gasteiger partial charge in [-0.15, -0.1) is 0 Å². The van der Waals surface area contributed by atoms with Crippen molar-refractivity contribution in [1.82, 2.24) is 9.62 Å². The highest BCUT2D eigenvalue weighted by atomic mass is 32.2. The summed E-state index contributed by atoms with van der Waals surface area (Å²) in [7, 11) is -3.97. The maximum absolute atomic E-state index is 12.7. The zero-order chi connectivity index (χ0) is 25.1. The van der Waals surface area contributed by atoms with E-state index in [1.807, 2.05) is 0 Å². The Kier molecular flexibility index (Phi) is 6.82. The molecule has 0 radical (unpaired) electrons. The van der Waals surface area contributed by atoms with Crippen LogP contribution < -0.4 is 4.72 Å². The van der Waals surface area contributed by atoms with E-state index in [4.69, 9.17) is 0 Å². The molecule has 3 aromatic rings. The van der Waals surface area contributed by atoms with Gasteiger partial charge in [0.1, 0.15) is 0 Å². The van der Waals surface area contributed by atoms with Gasteiger partial charge in [-0.2, -0.15) is 0 Å². The number of hydrogen-bond acceptors (Lipinski definition) is 5. The highest BCUT2D eigenvalue weighted by Gasteiger charge is 2.26. The molecule has 184 valence electrons. The summed E-state index contributed by atoms with van der Waals surface area (Å²) in [5.41, 5.74) is 7.22. The highest BCUT2D eigenvalue weighted by molar-refractivity contribution is 7.89. The van der Waals surface area contributed by atoms with E-state index in [2.05, 4.69) is 70.3 Å². The van der Waals surface area contributed by atoms with Crippen molar-refractivity contribution in [2.45, 2.75) is 17.7 Å². The first-order chi connectivity index (χ1) is 17.4. The molecule has 0 amide bonds. The molecule has 7 nitrogen and oxygen atoms in total. The van der Waals surface area contributed by atoms with Gasteiger partial charge in [0.15, 0.2) is 4.90 Å². The van der Waals surface area contributed by atoms with Gasteiger partial charge in [0, 0.05) is 32.2 Å². The van der Waals surface area contributed by atoms with E-state index in [1.165, 1.54) is 57.7 Å². The maximum atomic E-state index is 12.7. The largest absolute Gasteiger partial charge is 0.301 e. The Hall–Kier alpha value is -3.59. The molecule has 1 saturated heterocycles. The second-order valence-electron chi connectivity index (χ2n) is 8.95. The van der Waals surface area contributed by atoms with Gasteiger partial charge >= 0.3 is 0 Å². The Bertz CT molecular complexity index is 1420. The Morgan fingerprint density at radius 2 is 1.39 bits per heavy atom. The molecule has 0 aromatic heterocycles. The predicted octanol–water partition coefficient (Wildman–Crippen LogP) is 4.95. The molecule has 8 heteroatoms. The molecular formula is C28H27N3O4S. The fourth-order valence-electron chi connectivity index (χ4n) is 4.99. The van der Waals surface area contributed by atoms with Crippen LogP contribution in [0.15, 0.2) is 83.3 Å². The molecule has 0 saturated carbocycles. The number of likely N-dealkylation sites (tertiary alicyclic amines) is 1. The van der Waals surface area contributed by atoms with Crippen molar-refractivity contribution in [1.29, 1.82) is 0 Å².